The van der Waals surface area contributed by atoms with E-state index in [1.54, 1.807) is 36.4 Å². The number of carbonyl (C=O) groups excluding carboxylic acids is 3. The highest BCUT2D eigenvalue weighted by Crippen LogP contribution is 2.40. The van der Waals surface area contributed by atoms with Crippen LogP contribution in [0.2, 0.25) is 0 Å². The molecule has 2 aromatic rings. The van der Waals surface area contributed by atoms with E-state index in [1.165, 1.54) is 11.8 Å². The minimum atomic E-state index is -0.795. The van der Waals surface area contributed by atoms with Gasteiger partial charge in [0.05, 0.1) is 11.6 Å². The van der Waals surface area contributed by atoms with Crippen LogP contribution in [0.15, 0.2) is 54.1 Å². The van der Waals surface area contributed by atoms with Gasteiger partial charge in [-0.2, -0.15) is 0 Å². The van der Waals surface area contributed by atoms with Crippen LogP contribution in [0.4, 0.5) is 0 Å². The Hall–Kier alpha value is -3.45. The second kappa shape index (κ2) is 9.78. The Morgan fingerprint density at radius 3 is 2.41 bits per heavy atom. The second-order valence-corrected chi connectivity index (χ2v) is 8.01. The Balaban J connectivity index is 2.13. The van der Waals surface area contributed by atoms with E-state index in [0.717, 1.165) is 12.0 Å². The number of benzene rings is 2. The number of hydrogen-bond donors (Lipinski definition) is 1. The number of rotatable bonds is 7. The third kappa shape index (κ3) is 4.89. The van der Waals surface area contributed by atoms with Crippen molar-refractivity contribution in [3.8, 4) is 5.75 Å². The third-order valence-corrected chi connectivity index (χ3v) is 5.40. The zero-order valence-corrected chi connectivity index (χ0v) is 18.8. The molecule has 7 heteroatoms. The molecular weight excluding hydrogens is 408 g/mol. The fourth-order valence-electron chi connectivity index (χ4n) is 3.73. The van der Waals surface area contributed by atoms with Gasteiger partial charge in [-0.1, -0.05) is 43.3 Å². The van der Waals surface area contributed by atoms with Crippen LogP contribution in [-0.4, -0.2) is 59.8 Å². The molecule has 0 radical (unpaired) electrons. The summed E-state index contributed by atoms with van der Waals surface area (Å²) in [5, 5.41) is 11.1. The molecule has 1 fully saturated rings. The lowest BCUT2D eigenvalue weighted by atomic mass is 9.94. The molecule has 168 valence electrons. The topological polar surface area (TPSA) is 87.2 Å². The SMILES string of the molecule is CCc1ccc(/C(O)=C2/C(=O)C(=O)N(CCN(C)C)C2c2cccc(OC(C)=O)c2)cc1. The zero-order chi connectivity index (χ0) is 23.4. The van der Waals surface area contributed by atoms with Crippen molar-refractivity contribution in [3.05, 3.63) is 70.8 Å². The number of likely N-dealkylation sites (N-methyl/N-ethyl adjacent to an activating group) is 1. The van der Waals surface area contributed by atoms with Gasteiger partial charge in [0.2, 0.25) is 0 Å². The molecule has 3 rings (SSSR count). The van der Waals surface area contributed by atoms with Crippen LogP contribution >= 0.6 is 0 Å². The van der Waals surface area contributed by atoms with E-state index >= 15 is 0 Å². The van der Waals surface area contributed by atoms with Gasteiger partial charge < -0.3 is 19.6 Å². The van der Waals surface area contributed by atoms with Gasteiger partial charge >= 0.3 is 5.97 Å². The number of aliphatic hydroxyl groups excluding tert-OH is 1. The van der Waals surface area contributed by atoms with Crippen molar-refractivity contribution in [2.24, 2.45) is 0 Å². The fourth-order valence-corrected chi connectivity index (χ4v) is 3.73. The standard InChI is InChI=1S/C25H28N2O5/c1-5-17-9-11-18(12-10-17)23(29)21-22(19-7-6-8-20(15-19)32-16(2)28)27(14-13-26(3)4)25(31)24(21)30/h6-12,15,22,29H,5,13-14H2,1-4H3/b23-21-. The van der Waals surface area contributed by atoms with E-state index in [0.29, 0.717) is 30.0 Å². The number of nitrogens with zero attached hydrogens (tertiary/aromatic N) is 2. The third-order valence-electron chi connectivity index (χ3n) is 5.40. The van der Waals surface area contributed by atoms with Crippen molar-refractivity contribution >= 4 is 23.4 Å². The highest BCUT2D eigenvalue weighted by atomic mass is 16.5. The Labute approximate surface area is 187 Å². The van der Waals surface area contributed by atoms with E-state index < -0.39 is 23.7 Å². The minimum absolute atomic E-state index is 0.0259. The zero-order valence-electron chi connectivity index (χ0n) is 18.8. The molecule has 1 saturated heterocycles. The number of Topliss-reactive ketones (excluding diaryl/α,β-unsaturated/α-hetero) is 1. The molecule has 0 aromatic heterocycles. The maximum Gasteiger partial charge on any atom is 0.308 e. The molecule has 0 aliphatic carbocycles. The maximum atomic E-state index is 13.0. The van der Waals surface area contributed by atoms with E-state index in [4.69, 9.17) is 4.74 Å². The van der Waals surface area contributed by atoms with E-state index in [1.807, 2.05) is 38.1 Å². The first-order valence-electron chi connectivity index (χ1n) is 10.5. The molecule has 1 aliphatic heterocycles. The molecule has 0 spiro atoms. The summed E-state index contributed by atoms with van der Waals surface area (Å²) >= 11 is 0. The summed E-state index contributed by atoms with van der Waals surface area (Å²) < 4.78 is 5.19. The van der Waals surface area contributed by atoms with Gasteiger partial charge in [0.15, 0.2) is 0 Å². The number of carbonyl (C=O) groups is 3. The van der Waals surface area contributed by atoms with E-state index in [9.17, 15) is 19.5 Å². The lowest BCUT2D eigenvalue weighted by Gasteiger charge is -2.26. The van der Waals surface area contributed by atoms with Gasteiger partial charge in [0.1, 0.15) is 11.5 Å². The first-order valence-corrected chi connectivity index (χ1v) is 10.5. The number of likely N-dealkylation sites (tertiary alicyclic amines) is 1. The molecule has 1 N–H and O–H groups in total. The maximum absolute atomic E-state index is 13.0. The van der Waals surface area contributed by atoms with Gasteiger partial charge in [-0.05, 0) is 43.8 Å². The summed E-state index contributed by atoms with van der Waals surface area (Å²) in [4.78, 5) is 40.8. The number of ether oxygens (including phenoxy) is 1. The summed E-state index contributed by atoms with van der Waals surface area (Å²) in [5.41, 5.74) is 2.17. The van der Waals surface area contributed by atoms with Crippen LogP contribution in [0.1, 0.15) is 36.6 Å². The smallest absolute Gasteiger partial charge is 0.308 e. The Morgan fingerprint density at radius 1 is 1.12 bits per heavy atom. The quantitative estimate of drug-likeness (QED) is 0.236. The predicted molar refractivity (Wildman–Crippen MR) is 121 cm³/mol. The van der Waals surface area contributed by atoms with Crippen LogP contribution in [0.5, 0.6) is 5.75 Å². The number of amides is 1. The average Bonchev–Trinajstić information content (AvgIpc) is 3.01. The lowest BCUT2D eigenvalue weighted by Crippen LogP contribution is -2.35. The van der Waals surface area contributed by atoms with E-state index in [2.05, 4.69) is 0 Å². The predicted octanol–water partition coefficient (Wildman–Crippen LogP) is 3.16. The lowest BCUT2D eigenvalue weighted by molar-refractivity contribution is -0.140. The Morgan fingerprint density at radius 2 is 1.81 bits per heavy atom. The fraction of sp³-hybridized carbons (Fsp3) is 0.320. The molecule has 1 heterocycles. The molecule has 32 heavy (non-hydrogen) atoms. The number of ketones is 1. The molecule has 1 atom stereocenters. The highest BCUT2D eigenvalue weighted by Gasteiger charge is 2.46. The molecule has 1 amide bonds. The van der Waals surface area contributed by atoms with Crippen molar-refractivity contribution in [1.82, 2.24) is 9.80 Å². The van der Waals surface area contributed by atoms with Crippen LogP contribution in [0.3, 0.4) is 0 Å². The van der Waals surface area contributed by atoms with Gasteiger partial charge in [-0.3, -0.25) is 14.4 Å². The molecule has 0 saturated carbocycles. The first-order chi connectivity index (χ1) is 15.2. The molecule has 0 bridgehead atoms. The summed E-state index contributed by atoms with van der Waals surface area (Å²) in [6.45, 7) is 4.17. The van der Waals surface area contributed by atoms with Gasteiger partial charge in [0, 0.05) is 25.6 Å². The molecular formula is C25H28N2O5. The number of aliphatic hydroxyl groups is 1. The summed E-state index contributed by atoms with van der Waals surface area (Å²) in [7, 11) is 3.75. The van der Waals surface area contributed by atoms with Crippen molar-refractivity contribution in [1.29, 1.82) is 0 Å². The van der Waals surface area contributed by atoms with Crippen LogP contribution in [-0.2, 0) is 20.8 Å². The van der Waals surface area contributed by atoms with Gasteiger partial charge in [0.25, 0.3) is 11.7 Å². The highest BCUT2D eigenvalue weighted by molar-refractivity contribution is 6.46. The van der Waals surface area contributed by atoms with Crippen LogP contribution < -0.4 is 4.74 Å². The van der Waals surface area contributed by atoms with Crippen LogP contribution in [0, 0.1) is 0 Å². The summed E-state index contributed by atoms with van der Waals surface area (Å²) in [5.74, 6) is -1.79. The monoisotopic (exact) mass is 436 g/mol. The molecule has 2 aromatic carbocycles. The molecule has 1 aliphatic rings. The summed E-state index contributed by atoms with van der Waals surface area (Å²) in [6.07, 6.45) is 0.846. The Kier molecular flexibility index (Phi) is 7.10. The van der Waals surface area contributed by atoms with Gasteiger partial charge in [-0.25, -0.2) is 0 Å². The largest absolute Gasteiger partial charge is 0.507 e. The van der Waals surface area contributed by atoms with Crippen molar-refractivity contribution in [2.45, 2.75) is 26.3 Å². The van der Waals surface area contributed by atoms with Crippen molar-refractivity contribution in [2.75, 3.05) is 27.2 Å². The molecule has 1 unspecified atom stereocenters. The second-order valence-electron chi connectivity index (χ2n) is 8.01. The number of esters is 1. The minimum Gasteiger partial charge on any atom is -0.507 e. The van der Waals surface area contributed by atoms with Gasteiger partial charge in [-0.15, -0.1) is 0 Å². The van der Waals surface area contributed by atoms with Crippen LogP contribution in [0.25, 0.3) is 5.76 Å². The number of aryl methyl sites for hydroxylation is 1. The average molecular weight is 437 g/mol. The first kappa shape index (κ1) is 23.2. The number of hydrogen-bond acceptors (Lipinski definition) is 6. The summed E-state index contributed by atoms with van der Waals surface area (Å²) in [6, 6.07) is 13.1. The van der Waals surface area contributed by atoms with Crippen molar-refractivity contribution < 1.29 is 24.2 Å². The normalized spacial score (nSPS) is 17.8. The van der Waals surface area contributed by atoms with E-state index in [-0.39, 0.29) is 11.3 Å². The van der Waals surface area contributed by atoms with Crippen molar-refractivity contribution in [3.63, 3.8) is 0 Å². The Bertz CT molecular complexity index is 1060. The molecule has 7 nitrogen and oxygen atoms in total.